The van der Waals surface area contributed by atoms with Crippen molar-refractivity contribution in [2.75, 3.05) is 18.4 Å². The average Bonchev–Trinajstić information content (AvgIpc) is 3.44. The summed E-state index contributed by atoms with van der Waals surface area (Å²) < 4.78 is 3.64. The quantitative estimate of drug-likeness (QED) is 0.440. The summed E-state index contributed by atoms with van der Waals surface area (Å²) in [6.45, 7) is 1.69. The summed E-state index contributed by atoms with van der Waals surface area (Å²) in [6.07, 6.45) is 6.51. The minimum atomic E-state index is -0.108. The third kappa shape index (κ3) is 5.13. The summed E-state index contributed by atoms with van der Waals surface area (Å²) in [5.41, 5.74) is 1.46. The predicted octanol–water partition coefficient (Wildman–Crippen LogP) is 5.87. The molecule has 6 heteroatoms. The number of fused-ring (bicyclic) bond motifs is 1. The van der Waals surface area contributed by atoms with Crippen molar-refractivity contribution in [3.63, 3.8) is 0 Å². The Hall–Kier alpha value is -2.83. The number of anilines is 1. The van der Waals surface area contributed by atoms with Crippen molar-refractivity contribution in [1.29, 1.82) is 0 Å². The maximum absolute atomic E-state index is 12.7. The zero-order valence-corrected chi connectivity index (χ0v) is 20.2. The van der Waals surface area contributed by atoms with Crippen molar-refractivity contribution in [3.05, 3.63) is 72.3 Å². The zero-order chi connectivity index (χ0) is 23.3. The highest BCUT2D eigenvalue weighted by Crippen LogP contribution is 2.33. The summed E-state index contributed by atoms with van der Waals surface area (Å²) in [5.74, 6) is 0.539. The molecule has 0 spiro atoms. The Morgan fingerprint density at radius 3 is 2.21 bits per heavy atom. The van der Waals surface area contributed by atoms with E-state index in [1.807, 2.05) is 54.6 Å². The van der Waals surface area contributed by atoms with Gasteiger partial charge in [-0.05, 0) is 67.3 Å². The molecule has 2 fully saturated rings. The molecule has 0 radical (unpaired) electrons. The van der Waals surface area contributed by atoms with E-state index in [2.05, 4.69) is 27.1 Å². The second-order valence-corrected chi connectivity index (χ2v) is 10.2. The molecule has 1 aliphatic heterocycles. The fourth-order valence-electron chi connectivity index (χ4n) is 5.05. The molecule has 1 aliphatic carbocycles. The second-order valence-electron chi connectivity index (χ2n) is 9.28. The van der Waals surface area contributed by atoms with Crippen LogP contribution in [-0.2, 0) is 4.79 Å². The molecule has 3 aromatic carbocycles. The number of rotatable bonds is 6. The number of carbonyl (C=O) groups is 2. The molecular weight excluding hydrogens is 442 g/mol. The topological polar surface area (TPSA) is 61.4 Å². The molecule has 34 heavy (non-hydrogen) atoms. The summed E-state index contributed by atoms with van der Waals surface area (Å²) in [7, 11) is 0. The molecule has 1 saturated carbocycles. The highest BCUT2D eigenvalue weighted by atomic mass is 32.2. The van der Waals surface area contributed by atoms with Crippen LogP contribution in [0.2, 0.25) is 0 Å². The van der Waals surface area contributed by atoms with Crippen LogP contribution in [0.25, 0.3) is 10.8 Å². The first-order chi connectivity index (χ1) is 16.7. The van der Waals surface area contributed by atoms with Gasteiger partial charge < -0.3 is 10.2 Å². The van der Waals surface area contributed by atoms with E-state index >= 15 is 0 Å². The van der Waals surface area contributed by atoms with Crippen LogP contribution in [0.5, 0.6) is 0 Å². The third-order valence-corrected chi connectivity index (χ3v) is 8.04. The number of benzene rings is 3. The molecule has 1 saturated heterocycles. The van der Waals surface area contributed by atoms with E-state index in [0.29, 0.717) is 17.5 Å². The van der Waals surface area contributed by atoms with E-state index in [1.165, 1.54) is 12.8 Å². The van der Waals surface area contributed by atoms with Gasteiger partial charge in [-0.2, -0.15) is 0 Å². The SMILES string of the molecule is O=C(Nc1ccc(SNC2CCN(C(=O)C3CCCC3)CC2)c2ccccc12)c1ccccc1. The first kappa shape index (κ1) is 22.9. The van der Waals surface area contributed by atoms with Crippen LogP contribution in [0.1, 0.15) is 48.9 Å². The lowest BCUT2D eigenvalue weighted by Crippen LogP contribution is -2.45. The van der Waals surface area contributed by atoms with Crippen LogP contribution < -0.4 is 10.0 Å². The minimum absolute atomic E-state index is 0.108. The van der Waals surface area contributed by atoms with E-state index in [1.54, 1.807) is 11.9 Å². The van der Waals surface area contributed by atoms with Gasteiger partial charge in [-0.3, -0.25) is 14.3 Å². The van der Waals surface area contributed by atoms with Crippen molar-refractivity contribution < 1.29 is 9.59 Å². The Bertz CT molecular complexity index is 1150. The van der Waals surface area contributed by atoms with E-state index in [4.69, 9.17) is 0 Å². The Kier molecular flexibility index (Phi) is 7.16. The number of carbonyl (C=O) groups excluding carboxylic acids is 2. The first-order valence-electron chi connectivity index (χ1n) is 12.3. The van der Waals surface area contributed by atoms with Crippen molar-refractivity contribution in [2.24, 2.45) is 5.92 Å². The van der Waals surface area contributed by atoms with Gasteiger partial charge in [-0.15, -0.1) is 0 Å². The summed E-state index contributed by atoms with van der Waals surface area (Å²) >= 11 is 1.65. The Balaban J connectivity index is 1.21. The fourth-order valence-corrected chi connectivity index (χ4v) is 6.00. The molecule has 0 atom stereocenters. The smallest absolute Gasteiger partial charge is 0.255 e. The monoisotopic (exact) mass is 473 g/mol. The molecule has 1 heterocycles. The molecule has 2 amide bonds. The second kappa shape index (κ2) is 10.6. The lowest BCUT2D eigenvalue weighted by molar-refractivity contribution is -0.136. The van der Waals surface area contributed by atoms with Crippen LogP contribution in [0, 0.1) is 5.92 Å². The van der Waals surface area contributed by atoms with Crippen LogP contribution in [0.15, 0.2) is 71.6 Å². The molecule has 5 nitrogen and oxygen atoms in total. The summed E-state index contributed by atoms with van der Waals surface area (Å²) in [6, 6.07) is 21.9. The molecule has 5 rings (SSSR count). The van der Waals surface area contributed by atoms with Gasteiger partial charge in [-0.25, -0.2) is 0 Å². The predicted molar refractivity (Wildman–Crippen MR) is 139 cm³/mol. The minimum Gasteiger partial charge on any atom is -0.342 e. The van der Waals surface area contributed by atoms with Crippen LogP contribution >= 0.6 is 11.9 Å². The van der Waals surface area contributed by atoms with Gasteiger partial charge in [0.15, 0.2) is 0 Å². The molecule has 0 aromatic heterocycles. The molecule has 3 aromatic rings. The number of piperidine rings is 1. The van der Waals surface area contributed by atoms with Gasteiger partial charge in [0.1, 0.15) is 0 Å². The average molecular weight is 474 g/mol. The lowest BCUT2D eigenvalue weighted by atomic mass is 10.0. The molecule has 176 valence electrons. The van der Waals surface area contributed by atoms with Crippen LogP contribution in [0.3, 0.4) is 0 Å². The molecular formula is C28H31N3O2S. The first-order valence-corrected chi connectivity index (χ1v) is 13.1. The molecule has 0 unspecified atom stereocenters. The molecule has 2 aliphatic rings. The van der Waals surface area contributed by atoms with Crippen LogP contribution in [0.4, 0.5) is 5.69 Å². The maximum Gasteiger partial charge on any atom is 0.255 e. The van der Waals surface area contributed by atoms with Crippen molar-refractivity contribution in [3.8, 4) is 0 Å². The number of nitrogens with zero attached hydrogens (tertiary/aromatic N) is 1. The Morgan fingerprint density at radius 1 is 0.794 bits per heavy atom. The van der Waals surface area contributed by atoms with Crippen molar-refractivity contribution in [1.82, 2.24) is 9.62 Å². The van der Waals surface area contributed by atoms with E-state index < -0.39 is 0 Å². The highest BCUT2D eigenvalue weighted by Gasteiger charge is 2.30. The Morgan fingerprint density at radius 2 is 1.47 bits per heavy atom. The standard InChI is InChI=1S/C28H31N3O2S/c32-27(20-8-2-1-3-9-20)29-25-14-15-26(24-13-7-6-12-23(24)25)34-30-22-16-18-31(19-17-22)28(33)21-10-4-5-11-21/h1-3,6-9,12-15,21-22,30H,4-5,10-11,16-19H2,(H,29,32). The normalized spacial score (nSPS) is 17.2. The third-order valence-electron chi connectivity index (χ3n) is 7.01. The molecule has 0 bridgehead atoms. The maximum atomic E-state index is 12.7. The number of likely N-dealkylation sites (tertiary alicyclic amines) is 1. The summed E-state index contributed by atoms with van der Waals surface area (Å²) in [5, 5.41) is 5.20. The van der Waals surface area contributed by atoms with Gasteiger partial charge in [0.2, 0.25) is 5.91 Å². The zero-order valence-electron chi connectivity index (χ0n) is 19.3. The number of hydrogen-bond acceptors (Lipinski definition) is 4. The largest absolute Gasteiger partial charge is 0.342 e. The van der Waals surface area contributed by atoms with Gasteiger partial charge in [0, 0.05) is 46.6 Å². The van der Waals surface area contributed by atoms with Crippen molar-refractivity contribution in [2.45, 2.75) is 49.5 Å². The summed E-state index contributed by atoms with van der Waals surface area (Å²) in [4.78, 5) is 28.6. The number of amides is 2. The fraction of sp³-hybridized carbons (Fsp3) is 0.357. The van der Waals surface area contributed by atoms with Gasteiger partial charge in [0.05, 0.1) is 0 Å². The van der Waals surface area contributed by atoms with Gasteiger partial charge in [0.25, 0.3) is 5.91 Å². The van der Waals surface area contributed by atoms with E-state index in [9.17, 15) is 9.59 Å². The van der Waals surface area contributed by atoms with Gasteiger partial charge in [-0.1, -0.05) is 55.3 Å². The van der Waals surface area contributed by atoms with Gasteiger partial charge >= 0.3 is 0 Å². The van der Waals surface area contributed by atoms with Crippen molar-refractivity contribution >= 4 is 40.2 Å². The van der Waals surface area contributed by atoms with E-state index in [0.717, 1.165) is 60.1 Å². The number of nitrogens with one attached hydrogen (secondary N) is 2. The van der Waals surface area contributed by atoms with Crippen LogP contribution in [-0.4, -0.2) is 35.8 Å². The lowest BCUT2D eigenvalue weighted by Gasteiger charge is -2.33. The Labute approximate surface area is 205 Å². The van der Waals surface area contributed by atoms with E-state index in [-0.39, 0.29) is 11.8 Å². The number of hydrogen-bond donors (Lipinski definition) is 2. The molecule has 2 N–H and O–H groups in total. The highest BCUT2D eigenvalue weighted by molar-refractivity contribution is 7.97.